The van der Waals surface area contributed by atoms with Crippen molar-refractivity contribution in [3.63, 3.8) is 0 Å². The average Bonchev–Trinajstić information content (AvgIpc) is 3.01. The maximum atomic E-state index is 13.8. The fourth-order valence-electron chi connectivity index (χ4n) is 6.09. The lowest BCUT2D eigenvalue weighted by atomic mass is 9.98. The summed E-state index contributed by atoms with van der Waals surface area (Å²) < 4.78 is 27.5. The lowest BCUT2D eigenvalue weighted by Gasteiger charge is -2.08. The smallest absolute Gasteiger partial charge is 0.124 e. The van der Waals surface area contributed by atoms with E-state index in [1.54, 1.807) is 12.1 Å². The summed E-state index contributed by atoms with van der Waals surface area (Å²) in [4.78, 5) is 0. The van der Waals surface area contributed by atoms with Crippen molar-refractivity contribution in [3.8, 4) is 0 Å². The molecule has 44 heavy (non-hydrogen) atoms. The summed E-state index contributed by atoms with van der Waals surface area (Å²) in [5.74, 6) is -0.370. The van der Waals surface area contributed by atoms with Gasteiger partial charge in [-0.15, -0.1) is 0 Å². The molecule has 4 rings (SSSR count). The Kier molecular flexibility index (Phi) is 17.2. The van der Waals surface area contributed by atoms with Crippen molar-refractivity contribution in [2.75, 3.05) is 0 Å². The molecule has 0 aromatic heterocycles. The Hall–Kier alpha value is -2.16. The third-order valence-electron chi connectivity index (χ3n) is 8.59. The molecule has 0 bridgehead atoms. The maximum Gasteiger partial charge on any atom is 0.124 e. The molecule has 0 aliphatic rings. The van der Waals surface area contributed by atoms with Gasteiger partial charge in [0.05, 0.1) is 0 Å². The molecule has 0 aliphatic heterocycles. The molecular formula is C40H52Cl2F2. The molecule has 240 valence electrons. The summed E-state index contributed by atoms with van der Waals surface area (Å²) in [6.07, 6.45) is 22.6. The van der Waals surface area contributed by atoms with E-state index < -0.39 is 0 Å². The van der Waals surface area contributed by atoms with Gasteiger partial charge < -0.3 is 0 Å². The van der Waals surface area contributed by atoms with Gasteiger partial charge in [-0.2, -0.15) is 0 Å². The summed E-state index contributed by atoms with van der Waals surface area (Å²) in [5.41, 5.74) is 2.17. The SMILES string of the molecule is CCCCCCCCCCc1cc(F)cc2c(Cl)cccc12.CCCCCCCCCCc1cc(F)cc2c(Cl)cccc12. The molecule has 0 N–H and O–H groups in total. The lowest BCUT2D eigenvalue weighted by Crippen LogP contribution is -1.91. The first-order chi connectivity index (χ1) is 21.4. The minimum Gasteiger partial charge on any atom is -0.207 e. The summed E-state index contributed by atoms with van der Waals surface area (Å²) in [7, 11) is 0. The Balaban J connectivity index is 0.000000240. The standard InChI is InChI=1S/2C20H26ClF/c2*1-2-3-4-5-6-7-8-9-11-16-14-17(22)15-19-18(16)12-10-13-20(19)21/h2*10,12-15H,2-9,11H2,1H3. The number of aryl methyl sites for hydroxylation is 2. The number of benzene rings is 4. The van der Waals surface area contributed by atoms with Crippen LogP contribution in [0.15, 0.2) is 60.7 Å². The molecule has 0 nitrogen and oxygen atoms in total. The number of rotatable bonds is 18. The van der Waals surface area contributed by atoms with Crippen LogP contribution in [0.3, 0.4) is 0 Å². The van der Waals surface area contributed by atoms with Crippen molar-refractivity contribution in [1.82, 2.24) is 0 Å². The number of unbranched alkanes of at least 4 members (excludes halogenated alkanes) is 14. The van der Waals surface area contributed by atoms with Crippen molar-refractivity contribution in [2.45, 2.75) is 129 Å². The minimum atomic E-state index is -0.185. The topological polar surface area (TPSA) is 0 Å². The van der Waals surface area contributed by atoms with Crippen molar-refractivity contribution < 1.29 is 8.78 Å². The van der Waals surface area contributed by atoms with Crippen LogP contribution in [-0.4, -0.2) is 0 Å². The number of hydrogen-bond acceptors (Lipinski definition) is 0. The van der Waals surface area contributed by atoms with Crippen LogP contribution in [0, 0.1) is 11.6 Å². The molecule has 0 saturated heterocycles. The minimum absolute atomic E-state index is 0.185. The van der Waals surface area contributed by atoms with E-state index in [1.807, 2.05) is 36.4 Å². The lowest BCUT2D eigenvalue weighted by molar-refractivity contribution is 0.575. The Bertz CT molecular complexity index is 1290. The number of halogens is 4. The van der Waals surface area contributed by atoms with Gasteiger partial charge >= 0.3 is 0 Å². The van der Waals surface area contributed by atoms with E-state index in [4.69, 9.17) is 23.2 Å². The summed E-state index contributed by atoms with van der Waals surface area (Å²) >= 11 is 12.4. The second-order valence-corrected chi connectivity index (χ2v) is 13.1. The fraction of sp³-hybridized carbons (Fsp3) is 0.500. The summed E-state index contributed by atoms with van der Waals surface area (Å²) in [5, 5.41) is 5.12. The monoisotopic (exact) mass is 640 g/mol. The molecule has 0 amide bonds. The van der Waals surface area contributed by atoms with Crippen molar-refractivity contribution in [2.24, 2.45) is 0 Å². The molecule has 4 heteroatoms. The van der Waals surface area contributed by atoms with Gasteiger partial charge in [0.2, 0.25) is 0 Å². The van der Waals surface area contributed by atoms with Gasteiger partial charge in [0, 0.05) is 20.8 Å². The largest absolute Gasteiger partial charge is 0.207 e. The van der Waals surface area contributed by atoms with E-state index in [1.165, 1.54) is 102 Å². The predicted octanol–water partition coefficient (Wildman–Crippen LogP) is 14.6. The second-order valence-electron chi connectivity index (χ2n) is 12.2. The van der Waals surface area contributed by atoms with Gasteiger partial charge in [0.1, 0.15) is 11.6 Å². The van der Waals surface area contributed by atoms with Crippen LogP contribution >= 0.6 is 23.2 Å². The van der Waals surface area contributed by atoms with Gasteiger partial charge in [0.25, 0.3) is 0 Å². The molecule has 0 spiro atoms. The second kappa shape index (κ2) is 20.8. The molecule has 4 aromatic rings. The normalized spacial score (nSPS) is 11.2. The molecule has 0 aliphatic carbocycles. The fourth-order valence-corrected chi connectivity index (χ4v) is 6.55. The highest BCUT2D eigenvalue weighted by molar-refractivity contribution is 6.36. The molecule has 0 heterocycles. The van der Waals surface area contributed by atoms with Crippen LogP contribution in [0.2, 0.25) is 10.0 Å². The first-order valence-electron chi connectivity index (χ1n) is 17.2. The van der Waals surface area contributed by atoms with Gasteiger partial charge in [-0.05, 0) is 84.0 Å². The average molecular weight is 642 g/mol. The molecule has 0 radical (unpaired) electrons. The van der Waals surface area contributed by atoms with E-state index in [-0.39, 0.29) is 11.6 Å². The zero-order chi connectivity index (χ0) is 31.6. The zero-order valence-electron chi connectivity index (χ0n) is 27.0. The molecule has 0 saturated carbocycles. The van der Waals surface area contributed by atoms with Crippen LogP contribution < -0.4 is 0 Å². The quantitative estimate of drug-likeness (QED) is 0.0949. The van der Waals surface area contributed by atoms with E-state index >= 15 is 0 Å². The van der Waals surface area contributed by atoms with Crippen LogP contribution in [0.1, 0.15) is 128 Å². The molecule has 0 fully saturated rings. The first-order valence-corrected chi connectivity index (χ1v) is 17.9. The molecular weight excluding hydrogens is 589 g/mol. The van der Waals surface area contributed by atoms with Crippen molar-refractivity contribution in [1.29, 1.82) is 0 Å². The van der Waals surface area contributed by atoms with Gasteiger partial charge in [0.15, 0.2) is 0 Å². The van der Waals surface area contributed by atoms with E-state index in [2.05, 4.69) is 13.8 Å². The van der Waals surface area contributed by atoms with Gasteiger partial charge in [-0.25, -0.2) is 8.78 Å². The third-order valence-corrected chi connectivity index (χ3v) is 9.24. The number of fused-ring (bicyclic) bond motifs is 2. The van der Waals surface area contributed by atoms with Crippen LogP contribution in [0.5, 0.6) is 0 Å². The van der Waals surface area contributed by atoms with E-state index in [0.29, 0.717) is 10.0 Å². The van der Waals surface area contributed by atoms with Crippen LogP contribution in [-0.2, 0) is 12.8 Å². The van der Waals surface area contributed by atoms with Gasteiger partial charge in [-0.3, -0.25) is 0 Å². The Morgan fingerprint density at radius 2 is 0.773 bits per heavy atom. The molecule has 0 atom stereocenters. The van der Waals surface area contributed by atoms with Gasteiger partial charge in [-0.1, -0.05) is 151 Å². The Morgan fingerprint density at radius 3 is 1.14 bits per heavy atom. The van der Waals surface area contributed by atoms with E-state index in [0.717, 1.165) is 58.4 Å². The van der Waals surface area contributed by atoms with Crippen LogP contribution in [0.25, 0.3) is 21.5 Å². The predicted molar refractivity (Wildman–Crippen MR) is 190 cm³/mol. The zero-order valence-corrected chi connectivity index (χ0v) is 28.5. The Morgan fingerprint density at radius 1 is 0.432 bits per heavy atom. The van der Waals surface area contributed by atoms with Crippen molar-refractivity contribution in [3.05, 3.63) is 93.5 Å². The highest BCUT2D eigenvalue weighted by Crippen LogP contribution is 2.30. The highest BCUT2D eigenvalue weighted by Gasteiger charge is 2.08. The Labute approximate surface area is 275 Å². The third kappa shape index (κ3) is 12.3. The highest BCUT2D eigenvalue weighted by atomic mass is 35.5. The first kappa shape index (κ1) is 36.3. The number of hydrogen-bond donors (Lipinski definition) is 0. The van der Waals surface area contributed by atoms with Crippen molar-refractivity contribution >= 4 is 44.7 Å². The summed E-state index contributed by atoms with van der Waals surface area (Å²) in [6, 6.07) is 18.0. The summed E-state index contributed by atoms with van der Waals surface area (Å²) in [6.45, 7) is 4.49. The van der Waals surface area contributed by atoms with E-state index in [9.17, 15) is 8.78 Å². The molecule has 4 aromatic carbocycles. The van der Waals surface area contributed by atoms with Crippen LogP contribution in [0.4, 0.5) is 8.78 Å². The molecule has 0 unspecified atom stereocenters. The maximum absolute atomic E-state index is 13.8.